The van der Waals surface area contributed by atoms with Crippen LogP contribution in [0.25, 0.3) is 11.4 Å². The number of rotatable bonds is 2. The van der Waals surface area contributed by atoms with Gasteiger partial charge >= 0.3 is 0 Å². The van der Waals surface area contributed by atoms with Crippen LogP contribution in [0.5, 0.6) is 0 Å². The third-order valence-electron chi connectivity index (χ3n) is 3.76. The molecule has 1 fully saturated rings. The van der Waals surface area contributed by atoms with Gasteiger partial charge < -0.3 is 9.80 Å². The molecule has 1 aromatic carbocycles. The first-order chi connectivity index (χ1) is 10.9. The molecule has 2 aromatic rings. The van der Waals surface area contributed by atoms with Crippen molar-refractivity contribution in [2.75, 3.05) is 38.1 Å². The van der Waals surface area contributed by atoms with E-state index in [1.807, 2.05) is 11.9 Å². The average molecular weight is 323 g/mol. The molecule has 1 saturated heterocycles. The normalized spacial score (nSPS) is 16.0. The van der Waals surface area contributed by atoms with Crippen LogP contribution in [0.1, 0.15) is 5.82 Å². The number of aryl methyl sites for hydroxylation is 1. The summed E-state index contributed by atoms with van der Waals surface area (Å²) in [5.74, 6) is -3.00. The second kappa shape index (κ2) is 6.11. The van der Waals surface area contributed by atoms with Gasteiger partial charge in [-0.1, -0.05) is 0 Å². The summed E-state index contributed by atoms with van der Waals surface area (Å²) >= 11 is 0. The minimum Gasteiger partial charge on any atom is -0.338 e. The van der Waals surface area contributed by atoms with E-state index >= 15 is 0 Å². The number of halogens is 3. The van der Waals surface area contributed by atoms with E-state index in [0.717, 1.165) is 38.3 Å². The molecule has 0 radical (unpaired) electrons. The lowest BCUT2D eigenvalue weighted by atomic mass is 10.2. The first kappa shape index (κ1) is 15.7. The van der Waals surface area contributed by atoms with E-state index in [0.29, 0.717) is 11.8 Å². The minimum atomic E-state index is -1.50. The molecule has 0 aliphatic carbocycles. The van der Waals surface area contributed by atoms with E-state index in [9.17, 15) is 13.2 Å². The quantitative estimate of drug-likeness (QED) is 0.791. The summed E-state index contributed by atoms with van der Waals surface area (Å²) in [6.45, 7) is 4.94. The molecule has 122 valence electrons. The van der Waals surface area contributed by atoms with Crippen LogP contribution in [0, 0.1) is 24.4 Å². The molecule has 0 saturated carbocycles. The number of piperazine rings is 1. The predicted molar refractivity (Wildman–Crippen MR) is 79.6 cm³/mol. The molecule has 0 atom stereocenters. The van der Waals surface area contributed by atoms with Crippen LogP contribution >= 0.6 is 0 Å². The van der Waals surface area contributed by atoms with Gasteiger partial charge in [0.15, 0.2) is 23.3 Å². The van der Waals surface area contributed by atoms with Gasteiger partial charge in [0.2, 0.25) is 5.95 Å². The maximum Gasteiger partial charge on any atom is 0.229 e. The summed E-state index contributed by atoms with van der Waals surface area (Å²) in [4.78, 5) is 16.9. The number of likely N-dealkylation sites (N-methyl/N-ethyl adjacent to an activating group) is 1. The zero-order valence-electron chi connectivity index (χ0n) is 12.9. The monoisotopic (exact) mass is 323 g/mol. The first-order valence-electron chi connectivity index (χ1n) is 7.25. The predicted octanol–water partition coefficient (Wildman–Crippen LogP) is 2.02. The van der Waals surface area contributed by atoms with Crippen LogP contribution in [0.2, 0.25) is 0 Å². The van der Waals surface area contributed by atoms with Crippen molar-refractivity contribution in [3.63, 3.8) is 0 Å². The Morgan fingerprint density at radius 2 is 1.52 bits per heavy atom. The third kappa shape index (κ3) is 3.26. The van der Waals surface area contributed by atoms with E-state index in [2.05, 4.69) is 19.9 Å². The highest BCUT2D eigenvalue weighted by atomic mass is 19.2. The molecule has 1 aliphatic rings. The Bertz CT molecular complexity index is 706. The van der Waals surface area contributed by atoms with Gasteiger partial charge in [-0.2, -0.15) is 9.97 Å². The Balaban J connectivity index is 1.98. The molecule has 23 heavy (non-hydrogen) atoms. The van der Waals surface area contributed by atoms with Crippen molar-refractivity contribution in [2.24, 2.45) is 0 Å². The van der Waals surface area contributed by atoms with Crippen LogP contribution in [0.3, 0.4) is 0 Å². The molecule has 0 spiro atoms. The SMILES string of the molecule is Cc1nc(-c2cc(F)c(F)c(F)c2)nc(N2CCN(C)CC2)n1. The van der Waals surface area contributed by atoms with Gasteiger partial charge in [0.25, 0.3) is 0 Å². The lowest BCUT2D eigenvalue weighted by molar-refractivity contribution is 0.311. The van der Waals surface area contributed by atoms with Gasteiger partial charge in [-0.15, -0.1) is 0 Å². The number of aromatic nitrogens is 3. The summed E-state index contributed by atoms with van der Waals surface area (Å²) in [6, 6.07) is 1.78. The Hall–Kier alpha value is -2.22. The lowest BCUT2D eigenvalue weighted by Gasteiger charge is -2.32. The van der Waals surface area contributed by atoms with Gasteiger partial charge in [-0.25, -0.2) is 18.2 Å². The highest BCUT2D eigenvalue weighted by Crippen LogP contribution is 2.22. The van der Waals surface area contributed by atoms with Crippen LogP contribution < -0.4 is 4.90 Å². The van der Waals surface area contributed by atoms with Crippen molar-refractivity contribution in [3.8, 4) is 11.4 Å². The number of nitrogens with zero attached hydrogens (tertiary/aromatic N) is 5. The second-order valence-electron chi connectivity index (χ2n) is 5.55. The smallest absolute Gasteiger partial charge is 0.229 e. The van der Waals surface area contributed by atoms with Gasteiger partial charge in [0.1, 0.15) is 5.82 Å². The summed E-state index contributed by atoms with van der Waals surface area (Å²) in [6.07, 6.45) is 0. The molecule has 5 nitrogen and oxygen atoms in total. The average Bonchev–Trinajstić information content (AvgIpc) is 2.52. The Morgan fingerprint density at radius 1 is 0.913 bits per heavy atom. The number of hydrogen-bond acceptors (Lipinski definition) is 5. The van der Waals surface area contributed by atoms with Crippen molar-refractivity contribution < 1.29 is 13.2 Å². The maximum atomic E-state index is 13.4. The summed E-state index contributed by atoms with van der Waals surface area (Å²) in [7, 11) is 2.03. The van der Waals surface area contributed by atoms with Crippen molar-refractivity contribution in [1.82, 2.24) is 19.9 Å². The lowest BCUT2D eigenvalue weighted by Crippen LogP contribution is -2.45. The minimum absolute atomic E-state index is 0.0854. The van der Waals surface area contributed by atoms with Gasteiger partial charge in [-0.05, 0) is 26.1 Å². The molecule has 3 rings (SSSR count). The van der Waals surface area contributed by atoms with Crippen LogP contribution in [-0.4, -0.2) is 53.1 Å². The standard InChI is InChI=1S/C15H16F3N5/c1-9-19-14(10-7-11(16)13(18)12(17)8-10)21-15(20-9)23-5-3-22(2)4-6-23/h7-8H,3-6H2,1-2H3. The van der Waals surface area contributed by atoms with E-state index < -0.39 is 17.5 Å². The Morgan fingerprint density at radius 3 is 2.13 bits per heavy atom. The molecule has 8 heteroatoms. The number of benzene rings is 1. The van der Waals surface area contributed by atoms with E-state index in [-0.39, 0.29) is 11.4 Å². The van der Waals surface area contributed by atoms with Crippen molar-refractivity contribution in [2.45, 2.75) is 6.92 Å². The fourth-order valence-corrected chi connectivity index (χ4v) is 2.43. The highest BCUT2D eigenvalue weighted by Gasteiger charge is 2.19. The molecule has 0 bridgehead atoms. The van der Waals surface area contributed by atoms with Gasteiger partial charge in [0, 0.05) is 31.7 Å². The number of hydrogen-bond donors (Lipinski definition) is 0. The summed E-state index contributed by atoms with van der Waals surface area (Å²) in [5, 5.41) is 0. The molecule has 2 heterocycles. The topological polar surface area (TPSA) is 45.2 Å². The highest BCUT2D eigenvalue weighted by molar-refractivity contribution is 5.56. The molecule has 0 unspecified atom stereocenters. The largest absolute Gasteiger partial charge is 0.338 e. The van der Waals surface area contributed by atoms with Crippen LogP contribution in [0.15, 0.2) is 12.1 Å². The Labute approximate surface area is 131 Å². The fourth-order valence-electron chi connectivity index (χ4n) is 2.43. The number of anilines is 1. The van der Waals surface area contributed by atoms with Gasteiger partial charge in [0.05, 0.1) is 0 Å². The zero-order valence-corrected chi connectivity index (χ0v) is 12.9. The van der Waals surface area contributed by atoms with Crippen LogP contribution in [-0.2, 0) is 0 Å². The molecular weight excluding hydrogens is 307 g/mol. The maximum absolute atomic E-state index is 13.4. The molecular formula is C15H16F3N5. The van der Waals surface area contributed by atoms with Crippen LogP contribution in [0.4, 0.5) is 19.1 Å². The van der Waals surface area contributed by atoms with Crippen molar-refractivity contribution in [1.29, 1.82) is 0 Å². The molecule has 1 aliphatic heterocycles. The summed E-state index contributed by atoms with van der Waals surface area (Å²) in [5.41, 5.74) is 0.0854. The van der Waals surface area contributed by atoms with E-state index in [1.165, 1.54) is 0 Å². The fraction of sp³-hybridized carbons (Fsp3) is 0.400. The van der Waals surface area contributed by atoms with Crippen molar-refractivity contribution in [3.05, 3.63) is 35.4 Å². The van der Waals surface area contributed by atoms with E-state index in [1.54, 1.807) is 6.92 Å². The molecule has 0 amide bonds. The zero-order chi connectivity index (χ0) is 16.6. The van der Waals surface area contributed by atoms with Gasteiger partial charge in [-0.3, -0.25) is 0 Å². The summed E-state index contributed by atoms with van der Waals surface area (Å²) < 4.78 is 39.9. The second-order valence-corrected chi connectivity index (χ2v) is 5.55. The molecule has 0 N–H and O–H groups in total. The Kier molecular flexibility index (Phi) is 4.16. The van der Waals surface area contributed by atoms with Crippen molar-refractivity contribution >= 4 is 5.95 Å². The molecule has 1 aromatic heterocycles. The van der Waals surface area contributed by atoms with E-state index in [4.69, 9.17) is 0 Å². The first-order valence-corrected chi connectivity index (χ1v) is 7.25. The third-order valence-corrected chi connectivity index (χ3v) is 3.76.